The van der Waals surface area contributed by atoms with E-state index in [2.05, 4.69) is 0 Å². The summed E-state index contributed by atoms with van der Waals surface area (Å²) in [5.74, 6) is 0.144. The number of aliphatic hydroxyl groups is 2. The SMILES string of the molecule is CCOC(=O)C1(N)CCC(SCC(O)CO)C1. The molecule has 1 aliphatic carbocycles. The van der Waals surface area contributed by atoms with E-state index in [1.54, 1.807) is 18.7 Å². The van der Waals surface area contributed by atoms with Crippen molar-refractivity contribution >= 4 is 17.7 Å². The second kappa shape index (κ2) is 6.58. The zero-order chi connectivity index (χ0) is 12.9. The smallest absolute Gasteiger partial charge is 0.326 e. The highest BCUT2D eigenvalue weighted by Gasteiger charge is 2.43. The quantitative estimate of drug-likeness (QED) is 0.579. The molecule has 1 aliphatic rings. The van der Waals surface area contributed by atoms with E-state index in [9.17, 15) is 9.90 Å². The largest absolute Gasteiger partial charge is 0.465 e. The predicted octanol–water partition coefficient (Wildman–Crippen LogP) is -0.114. The third kappa shape index (κ3) is 4.13. The zero-order valence-electron chi connectivity index (χ0n) is 10.1. The van der Waals surface area contributed by atoms with Crippen LogP contribution in [0.5, 0.6) is 0 Å². The number of nitrogens with two attached hydrogens (primary N) is 1. The van der Waals surface area contributed by atoms with Crippen LogP contribution in [0.25, 0.3) is 0 Å². The van der Waals surface area contributed by atoms with E-state index >= 15 is 0 Å². The van der Waals surface area contributed by atoms with Crippen LogP contribution in [0, 0.1) is 0 Å². The summed E-state index contributed by atoms with van der Waals surface area (Å²) in [5.41, 5.74) is 5.15. The van der Waals surface area contributed by atoms with E-state index in [1.807, 2.05) is 0 Å². The first-order valence-electron chi connectivity index (χ1n) is 5.88. The van der Waals surface area contributed by atoms with Crippen molar-refractivity contribution in [1.29, 1.82) is 0 Å². The third-order valence-corrected chi connectivity index (χ3v) is 4.37. The monoisotopic (exact) mass is 263 g/mol. The molecule has 1 fully saturated rings. The van der Waals surface area contributed by atoms with Gasteiger partial charge in [0.2, 0.25) is 0 Å². The summed E-state index contributed by atoms with van der Waals surface area (Å²) in [6.07, 6.45) is 1.35. The second-order valence-electron chi connectivity index (χ2n) is 4.41. The van der Waals surface area contributed by atoms with Crippen molar-refractivity contribution in [3.8, 4) is 0 Å². The van der Waals surface area contributed by atoms with Gasteiger partial charge in [-0.3, -0.25) is 4.79 Å². The fraction of sp³-hybridized carbons (Fsp3) is 0.909. The molecule has 0 aromatic heterocycles. The van der Waals surface area contributed by atoms with Gasteiger partial charge in [0, 0.05) is 11.0 Å². The molecule has 4 N–H and O–H groups in total. The van der Waals surface area contributed by atoms with Gasteiger partial charge in [-0.1, -0.05) is 0 Å². The highest BCUT2D eigenvalue weighted by molar-refractivity contribution is 7.99. The molecule has 0 bridgehead atoms. The van der Waals surface area contributed by atoms with Crippen LogP contribution in [0.15, 0.2) is 0 Å². The number of hydrogen-bond acceptors (Lipinski definition) is 6. The average molecular weight is 263 g/mol. The van der Waals surface area contributed by atoms with Crippen LogP contribution in [-0.4, -0.2) is 52.0 Å². The minimum atomic E-state index is -0.863. The normalized spacial score (nSPS) is 30.2. The van der Waals surface area contributed by atoms with Crippen LogP contribution in [-0.2, 0) is 9.53 Å². The number of thioether (sulfide) groups is 1. The van der Waals surface area contributed by atoms with Crippen LogP contribution in [0.4, 0.5) is 0 Å². The van der Waals surface area contributed by atoms with E-state index in [-0.39, 0.29) is 17.8 Å². The molecule has 0 saturated heterocycles. The molecule has 5 nitrogen and oxygen atoms in total. The van der Waals surface area contributed by atoms with Crippen LogP contribution in [0.2, 0.25) is 0 Å². The predicted molar refractivity (Wildman–Crippen MR) is 66.7 cm³/mol. The molecule has 6 heteroatoms. The van der Waals surface area contributed by atoms with Gasteiger partial charge >= 0.3 is 5.97 Å². The van der Waals surface area contributed by atoms with Gasteiger partial charge in [-0.25, -0.2) is 0 Å². The first-order valence-corrected chi connectivity index (χ1v) is 6.93. The zero-order valence-corrected chi connectivity index (χ0v) is 10.9. The Morgan fingerprint density at radius 2 is 2.41 bits per heavy atom. The van der Waals surface area contributed by atoms with Crippen LogP contribution in [0.1, 0.15) is 26.2 Å². The summed E-state index contributed by atoms with van der Waals surface area (Å²) in [5, 5.41) is 18.2. The second-order valence-corrected chi connectivity index (χ2v) is 5.74. The summed E-state index contributed by atoms with van der Waals surface area (Å²) >= 11 is 1.56. The van der Waals surface area contributed by atoms with E-state index in [1.165, 1.54) is 0 Å². The maximum absolute atomic E-state index is 11.7. The summed E-state index contributed by atoms with van der Waals surface area (Å²) in [7, 11) is 0. The lowest BCUT2D eigenvalue weighted by molar-refractivity contribution is -0.149. The highest BCUT2D eigenvalue weighted by atomic mass is 32.2. The van der Waals surface area contributed by atoms with Crippen molar-refractivity contribution in [3.05, 3.63) is 0 Å². The number of hydrogen-bond donors (Lipinski definition) is 3. The third-order valence-electron chi connectivity index (χ3n) is 2.92. The standard InChI is InChI=1S/C11H21NO4S/c1-2-16-10(15)11(12)4-3-9(5-11)17-7-8(14)6-13/h8-9,13-14H,2-7,12H2,1H3. The minimum Gasteiger partial charge on any atom is -0.465 e. The van der Waals surface area contributed by atoms with Gasteiger partial charge in [0.25, 0.3) is 0 Å². The number of carbonyl (C=O) groups excluding carboxylic acids is 1. The molecule has 0 aromatic rings. The Labute approximate surface area is 106 Å². The van der Waals surface area contributed by atoms with Crippen molar-refractivity contribution in [2.45, 2.75) is 43.1 Å². The molecule has 0 radical (unpaired) electrons. The Kier molecular flexibility index (Phi) is 5.72. The number of aliphatic hydroxyl groups excluding tert-OH is 2. The Morgan fingerprint density at radius 1 is 1.71 bits per heavy atom. The van der Waals surface area contributed by atoms with E-state index in [0.717, 1.165) is 6.42 Å². The molecule has 1 saturated carbocycles. The number of ether oxygens (including phenoxy) is 1. The molecular formula is C11H21NO4S. The van der Waals surface area contributed by atoms with E-state index in [0.29, 0.717) is 25.2 Å². The maximum atomic E-state index is 11.7. The van der Waals surface area contributed by atoms with Crippen molar-refractivity contribution in [2.24, 2.45) is 5.73 Å². The first-order chi connectivity index (χ1) is 8.01. The Morgan fingerprint density at radius 3 is 3.00 bits per heavy atom. The molecule has 0 heterocycles. The van der Waals surface area contributed by atoms with Gasteiger partial charge in [-0.05, 0) is 26.2 Å². The van der Waals surface area contributed by atoms with Crippen molar-refractivity contribution in [3.63, 3.8) is 0 Å². The van der Waals surface area contributed by atoms with Gasteiger partial charge in [-0.15, -0.1) is 0 Å². The lowest BCUT2D eigenvalue weighted by Gasteiger charge is -2.21. The first kappa shape index (κ1) is 14.8. The lowest BCUT2D eigenvalue weighted by atomic mass is 10.00. The molecule has 100 valence electrons. The number of rotatable bonds is 6. The Bertz CT molecular complexity index is 264. The Hall–Kier alpha value is -0.300. The number of esters is 1. The van der Waals surface area contributed by atoms with Crippen LogP contribution >= 0.6 is 11.8 Å². The minimum absolute atomic E-state index is 0.231. The molecule has 0 aliphatic heterocycles. The lowest BCUT2D eigenvalue weighted by Crippen LogP contribution is -2.47. The summed E-state index contributed by atoms with van der Waals surface area (Å²) in [6, 6.07) is 0. The molecule has 1 rings (SSSR count). The van der Waals surface area contributed by atoms with E-state index in [4.69, 9.17) is 15.6 Å². The topological polar surface area (TPSA) is 92.8 Å². The fourth-order valence-corrected chi connectivity index (χ4v) is 3.23. The Balaban J connectivity index is 2.38. The maximum Gasteiger partial charge on any atom is 0.326 e. The molecule has 3 atom stereocenters. The fourth-order valence-electron chi connectivity index (χ4n) is 1.93. The molecule has 0 aromatic carbocycles. The molecule has 0 amide bonds. The number of carbonyl (C=O) groups is 1. The van der Waals surface area contributed by atoms with Gasteiger partial charge in [0.05, 0.1) is 19.3 Å². The summed E-state index contributed by atoms with van der Waals surface area (Å²) in [4.78, 5) is 11.7. The van der Waals surface area contributed by atoms with Gasteiger partial charge < -0.3 is 20.7 Å². The van der Waals surface area contributed by atoms with Crippen LogP contribution < -0.4 is 5.73 Å². The summed E-state index contributed by atoms with van der Waals surface area (Å²) < 4.78 is 4.96. The highest BCUT2D eigenvalue weighted by Crippen LogP contribution is 2.36. The molecule has 17 heavy (non-hydrogen) atoms. The van der Waals surface area contributed by atoms with E-state index < -0.39 is 11.6 Å². The van der Waals surface area contributed by atoms with Gasteiger partial charge in [0.1, 0.15) is 5.54 Å². The van der Waals surface area contributed by atoms with Gasteiger partial charge in [-0.2, -0.15) is 11.8 Å². The summed E-state index contributed by atoms with van der Waals surface area (Å²) in [6.45, 7) is 1.88. The van der Waals surface area contributed by atoms with Crippen molar-refractivity contribution in [2.75, 3.05) is 19.0 Å². The average Bonchev–Trinajstić information content (AvgIpc) is 2.70. The molecular weight excluding hydrogens is 242 g/mol. The van der Waals surface area contributed by atoms with Crippen molar-refractivity contribution < 1.29 is 19.7 Å². The van der Waals surface area contributed by atoms with Crippen LogP contribution in [0.3, 0.4) is 0 Å². The van der Waals surface area contributed by atoms with Gasteiger partial charge in [0.15, 0.2) is 0 Å². The van der Waals surface area contributed by atoms with Crippen molar-refractivity contribution in [1.82, 2.24) is 0 Å². The molecule has 0 spiro atoms. The molecule has 3 unspecified atom stereocenters.